The van der Waals surface area contributed by atoms with E-state index in [1.807, 2.05) is 31.2 Å². The number of ether oxygens (including phenoxy) is 2. The Morgan fingerprint density at radius 2 is 1.92 bits per heavy atom. The van der Waals surface area contributed by atoms with Crippen molar-refractivity contribution in [2.45, 2.75) is 39.0 Å². The van der Waals surface area contributed by atoms with E-state index in [2.05, 4.69) is 16.7 Å². The standard InChI is InChI=1S/C19H28N2O3/c1-2-23-17-9-6-10-18(15-17)24-14-13-21-19(22)20-12-11-16-7-4-3-5-8-16/h6-7,9-10,15H,2-5,8,11-14H2,1H3,(H2,20,21,22). The number of amides is 2. The molecule has 5 nitrogen and oxygen atoms in total. The molecule has 1 aromatic carbocycles. The molecule has 1 aromatic rings. The molecular weight excluding hydrogens is 304 g/mol. The van der Waals surface area contributed by atoms with E-state index in [4.69, 9.17) is 9.47 Å². The fourth-order valence-corrected chi connectivity index (χ4v) is 2.68. The maximum absolute atomic E-state index is 11.7. The van der Waals surface area contributed by atoms with Gasteiger partial charge in [0, 0.05) is 12.6 Å². The number of carbonyl (C=O) groups is 1. The Labute approximate surface area is 144 Å². The van der Waals surface area contributed by atoms with Crippen LogP contribution in [-0.2, 0) is 0 Å². The van der Waals surface area contributed by atoms with Crippen molar-refractivity contribution in [1.82, 2.24) is 10.6 Å². The smallest absolute Gasteiger partial charge is 0.314 e. The SMILES string of the molecule is CCOc1cccc(OCCNC(=O)NCCC2=CCCCC2)c1. The number of hydrogen-bond donors (Lipinski definition) is 2. The highest BCUT2D eigenvalue weighted by atomic mass is 16.5. The van der Waals surface area contributed by atoms with Crippen molar-refractivity contribution in [1.29, 1.82) is 0 Å². The van der Waals surface area contributed by atoms with Crippen molar-refractivity contribution in [3.8, 4) is 11.5 Å². The van der Waals surface area contributed by atoms with Crippen molar-refractivity contribution in [3.05, 3.63) is 35.9 Å². The van der Waals surface area contributed by atoms with Gasteiger partial charge >= 0.3 is 6.03 Å². The van der Waals surface area contributed by atoms with Crippen LogP contribution in [0.1, 0.15) is 39.0 Å². The van der Waals surface area contributed by atoms with Crippen molar-refractivity contribution >= 4 is 6.03 Å². The van der Waals surface area contributed by atoms with Gasteiger partial charge in [0.25, 0.3) is 0 Å². The zero-order valence-corrected chi connectivity index (χ0v) is 14.5. The van der Waals surface area contributed by atoms with Gasteiger partial charge in [-0.3, -0.25) is 0 Å². The molecule has 24 heavy (non-hydrogen) atoms. The highest BCUT2D eigenvalue weighted by molar-refractivity contribution is 5.73. The van der Waals surface area contributed by atoms with E-state index in [1.54, 1.807) is 0 Å². The van der Waals surface area contributed by atoms with E-state index >= 15 is 0 Å². The summed E-state index contributed by atoms with van der Waals surface area (Å²) >= 11 is 0. The van der Waals surface area contributed by atoms with E-state index in [1.165, 1.54) is 31.3 Å². The lowest BCUT2D eigenvalue weighted by Gasteiger charge is -2.13. The van der Waals surface area contributed by atoms with Crippen LogP contribution in [0.3, 0.4) is 0 Å². The second-order valence-electron chi connectivity index (χ2n) is 5.80. The van der Waals surface area contributed by atoms with Crippen LogP contribution in [0.5, 0.6) is 11.5 Å². The molecule has 1 aliphatic rings. The highest BCUT2D eigenvalue weighted by Crippen LogP contribution is 2.20. The molecule has 0 radical (unpaired) electrons. The van der Waals surface area contributed by atoms with Gasteiger partial charge in [-0.1, -0.05) is 17.7 Å². The van der Waals surface area contributed by atoms with E-state index in [9.17, 15) is 4.79 Å². The molecule has 2 N–H and O–H groups in total. The van der Waals surface area contributed by atoms with E-state index in [-0.39, 0.29) is 6.03 Å². The predicted molar refractivity (Wildman–Crippen MR) is 95.7 cm³/mol. The predicted octanol–water partition coefficient (Wildman–Crippen LogP) is 3.65. The number of hydrogen-bond acceptors (Lipinski definition) is 3. The molecule has 0 fully saturated rings. The summed E-state index contributed by atoms with van der Waals surface area (Å²) in [6, 6.07) is 7.37. The molecule has 1 aliphatic carbocycles. The number of carbonyl (C=O) groups excluding carboxylic acids is 1. The molecule has 5 heteroatoms. The van der Waals surface area contributed by atoms with Gasteiger partial charge in [-0.05, 0) is 51.2 Å². The molecule has 0 aliphatic heterocycles. The van der Waals surface area contributed by atoms with E-state index < -0.39 is 0 Å². The first-order valence-electron chi connectivity index (χ1n) is 8.83. The summed E-state index contributed by atoms with van der Waals surface area (Å²) in [6.07, 6.45) is 8.20. The van der Waals surface area contributed by atoms with Crippen LogP contribution < -0.4 is 20.1 Å². The van der Waals surface area contributed by atoms with E-state index in [0.29, 0.717) is 26.3 Å². The molecule has 2 rings (SSSR count). The van der Waals surface area contributed by atoms with E-state index in [0.717, 1.165) is 17.9 Å². The van der Waals surface area contributed by atoms with Crippen LogP contribution in [0.15, 0.2) is 35.9 Å². The van der Waals surface area contributed by atoms with Crippen molar-refractivity contribution < 1.29 is 14.3 Å². The van der Waals surface area contributed by atoms with Crippen LogP contribution in [0, 0.1) is 0 Å². The first-order chi connectivity index (χ1) is 11.8. The van der Waals surface area contributed by atoms with Gasteiger partial charge in [0.05, 0.1) is 13.2 Å². The number of rotatable bonds is 9. The normalized spacial score (nSPS) is 13.8. The topological polar surface area (TPSA) is 59.6 Å². The third kappa shape index (κ3) is 6.94. The summed E-state index contributed by atoms with van der Waals surface area (Å²) in [5.41, 5.74) is 1.47. The molecule has 2 amide bonds. The minimum Gasteiger partial charge on any atom is -0.494 e. The number of urea groups is 1. The number of benzene rings is 1. The molecular formula is C19H28N2O3. The number of allylic oxidation sites excluding steroid dienone is 1. The van der Waals surface area contributed by atoms with Crippen molar-refractivity contribution in [2.24, 2.45) is 0 Å². The molecule has 0 saturated heterocycles. The average Bonchev–Trinajstić information content (AvgIpc) is 2.60. The third-order valence-corrected chi connectivity index (χ3v) is 3.89. The van der Waals surface area contributed by atoms with Crippen LogP contribution in [0.4, 0.5) is 4.79 Å². The Kier molecular flexibility index (Phi) is 8.01. The Balaban J connectivity index is 1.55. The molecule has 0 heterocycles. The van der Waals surface area contributed by atoms with Crippen LogP contribution in [0.2, 0.25) is 0 Å². The molecule has 0 unspecified atom stereocenters. The number of nitrogens with one attached hydrogen (secondary N) is 2. The van der Waals surface area contributed by atoms with Crippen LogP contribution in [-0.4, -0.2) is 32.3 Å². The first-order valence-corrected chi connectivity index (χ1v) is 8.83. The largest absolute Gasteiger partial charge is 0.494 e. The fourth-order valence-electron chi connectivity index (χ4n) is 2.68. The monoisotopic (exact) mass is 332 g/mol. The summed E-state index contributed by atoms with van der Waals surface area (Å²) in [5.74, 6) is 1.53. The maximum atomic E-state index is 11.7. The Bertz CT molecular complexity index is 543. The lowest BCUT2D eigenvalue weighted by atomic mass is 9.97. The lowest BCUT2D eigenvalue weighted by molar-refractivity contribution is 0.236. The summed E-state index contributed by atoms with van der Waals surface area (Å²) in [7, 11) is 0. The fraction of sp³-hybridized carbons (Fsp3) is 0.526. The first kappa shape index (κ1) is 18.2. The van der Waals surface area contributed by atoms with Gasteiger partial charge in [-0.25, -0.2) is 4.79 Å². The van der Waals surface area contributed by atoms with Gasteiger partial charge in [-0.15, -0.1) is 0 Å². The van der Waals surface area contributed by atoms with Gasteiger partial charge in [0.1, 0.15) is 18.1 Å². The van der Waals surface area contributed by atoms with Crippen molar-refractivity contribution in [2.75, 3.05) is 26.3 Å². The molecule has 0 atom stereocenters. The minimum atomic E-state index is -0.141. The summed E-state index contributed by atoms with van der Waals surface area (Å²) in [6.45, 7) is 4.15. The minimum absolute atomic E-state index is 0.141. The average molecular weight is 332 g/mol. The van der Waals surface area contributed by atoms with Gasteiger partial charge in [0.2, 0.25) is 0 Å². The second kappa shape index (κ2) is 10.6. The molecule has 0 spiro atoms. The Morgan fingerprint density at radius 1 is 1.12 bits per heavy atom. The zero-order valence-electron chi connectivity index (χ0n) is 14.5. The van der Waals surface area contributed by atoms with Gasteiger partial charge in [0.15, 0.2) is 0 Å². The van der Waals surface area contributed by atoms with Crippen LogP contribution in [0.25, 0.3) is 0 Å². The zero-order chi connectivity index (χ0) is 17.0. The molecule has 132 valence electrons. The Morgan fingerprint density at radius 3 is 2.67 bits per heavy atom. The summed E-state index contributed by atoms with van der Waals surface area (Å²) < 4.78 is 11.0. The van der Waals surface area contributed by atoms with Crippen LogP contribution >= 0.6 is 0 Å². The quantitative estimate of drug-likeness (QED) is 0.536. The lowest BCUT2D eigenvalue weighted by Crippen LogP contribution is -2.38. The van der Waals surface area contributed by atoms with Crippen molar-refractivity contribution in [3.63, 3.8) is 0 Å². The van der Waals surface area contributed by atoms with Gasteiger partial charge in [-0.2, -0.15) is 0 Å². The molecule has 0 bridgehead atoms. The summed E-state index contributed by atoms with van der Waals surface area (Å²) in [5, 5.41) is 5.69. The molecule has 0 aromatic heterocycles. The molecule has 0 saturated carbocycles. The third-order valence-electron chi connectivity index (χ3n) is 3.89. The maximum Gasteiger partial charge on any atom is 0.314 e. The summed E-state index contributed by atoms with van der Waals surface area (Å²) in [4.78, 5) is 11.7. The second-order valence-corrected chi connectivity index (χ2v) is 5.80. The Hall–Kier alpha value is -2.17. The highest BCUT2D eigenvalue weighted by Gasteiger charge is 2.05. The van der Waals surface area contributed by atoms with Gasteiger partial charge < -0.3 is 20.1 Å².